The molecule has 0 bridgehead atoms. The molecule has 1 aliphatic rings. The molecule has 1 atom stereocenters. The molecular weight excluding hydrogens is 228 g/mol. The Labute approximate surface area is 108 Å². The fraction of sp³-hybridized carbons (Fsp3) is 0.692. The maximum atomic E-state index is 11.1. The van der Waals surface area contributed by atoms with Crippen molar-refractivity contribution in [2.45, 2.75) is 38.6 Å². The topological polar surface area (TPSA) is 61.0 Å². The lowest BCUT2D eigenvalue weighted by Crippen LogP contribution is -2.38. The minimum absolute atomic E-state index is 0.114. The molecule has 0 radical (unpaired) electrons. The van der Waals surface area contributed by atoms with Crippen molar-refractivity contribution in [2.75, 3.05) is 25.0 Å². The lowest BCUT2D eigenvalue weighted by molar-refractivity contribution is 0.160. The van der Waals surface area contributed by atoms with Crippen molar-refractivity contribution < 1.29 is 0 Å². The Balaban J connectivity index is 1.68. The molecule has 1 unspecified atom stereocenters. The normalized spacial score (nSPS) is 20.8. The second kappa shape index (κ2) is 6.54. The zero-order valence-corrected chi connectivity index (χ0v) is 11.0. The van der Waals surface area contributed by atoms with Crippen LogP contribution in [0, 0.1) is 0 Å². The van der Waals surface area contributed by atoms with Gasteiger partial charge in [0.15, 0.2) is 0 Å². The van der Waals surface area contributed by atoms with Gasteiger partial charge < -0.3 is 15.2 Å². The van der Waals surface area contributed by atoms with Gasteiger partial charge in [-0.1, -0.05) is 6.42 Å². The van der Waals surface area contributed by atoms with Crippen molar-refractivity contribution in [3.8, 4) is 0 Å². The van der Waals surface area contributed by atoms with E-state index in [0.29, 0.717) is 5.82 Å². The molecule has 5 nitrogen and oxygen atoms in total. The fourth-order valence-electron chi connectivity index (χ4n) is 2.45. The van der Waals surface area contributed by atoms with E-state index in [4.69, 9.17) is 0 Å². The van der Waals surface area contributed by atoms with Gasteiger partial charge >= 0.3 is 0 Å². The summed E-state index contributed by atoms with van der Waals surface area (Å²) >= 11 is 0. The molecule has 0 spiro atoms. The molecule has 0 aliphatic carbocycles. The quantitative estimate of drug-likeness (QED) is 0.776. The molecule has 0 saturated carbocycles. The van der Waals surface area contributed by atoms with Gasteiger partial charge in [-0.25, -0.2) is 4.98 Å². The summed E-state index contributed by atoms with van der Waals surface area (Å²) in [7, 11) is 0. The van der Waals surface area contributed by atoms with Gasteiger partial charge in [0.2, 0.25) is 0 Å². The van der Waals surface area contributed by atoms with Gasteiger partial charge in [0, 0.05) is 25.2 Å². The number of rotatable bonds is 5. The first-order valence-electron chi connectivity index (χ1n) is 6.78. The smallest absolute Gasteiger partial charge is 0.252 e. The summed E-state index contributed by atoms with van der Waals surface area (Å²) in [5, 5.41) is 3.18. The number of piperidine rings is 1. The monoisotopic (exact) mass is 250 g/mol. The van der Waals surface area contributed by atoms with Crippen molar-refractivity contribution in [1.29, 1.82) is 0 Å². The summed E-state index contributed by atoms with van der Waals surface area (Å²) in [6, 6.07) is 2.21. The van der Waals surface area contributed by atoms with Crippen LogP contribution in [0.3, 0.4) is 0 Å². The third kappa shape index (κ3) is 3.84. The minimum atomic E-state index is -0.114. The Morgan fingerprint density at radius 2 is 2.44 bits per heavy atom. The van der Waals surface area contributed by atoms with E-state index in [-0.39, 0.29) is 5.56 Å². The number of H-pyrrole nitrogens is 1. The molecule has 0 aromatic carbocycles. The number of aromatic amines is 1. The Kier molecular flexibility index (Phi) is 4.75. The molecule has 2 heterocycles. The Morgan fingerprint density at radius 3 is 3.22 bits per heavy atom. The zero-order valence-electron chi connectivity index (χ0n) is 11.0. The SMILES string of the molecule is CC1CCCCN1CCCNc1cc(=O)[nH]cn1. The van der Waals surface area contributed by atoms with E-state index in [0.717, 1.165) is 25.6 Å². The summed E-state index contributed by atoms with van der Waals surface area (Å²) < 4.78 is 0. The van der Waals surface area contributed by atoms with Crippen LogP contribution in [-0.4, -0.2) is 40.5 Å². The first-order chi connectivity index (χ1) is 8.75. The zero-order chi connectivity index (χ0) is 12.8. The Bertz CT molecular complexity index is 417. The first kappa shape index (κ1) is 13.1. The highest BCUT2D eigenvalue weighted by atomic mass is 16.1. The predicted octanol–water partition coefficient (Wildman–Crippen LogP) is 1.45. The third-order valence-corrected chi connectivity index (χ3v) is 3.55. The minimum Gasteiger partial charge on any atom is -0.370 e. The average molecular weight is 250 g/mol. The second-order valence-electron chi connectivity index (χ2n) is 4.96. The second-order valence-corrected chi connectivity index (χ2v) is 4.96. The van der Waals surface area contributed by atoms with Crippen LogP contribution in [0.25, 0.3) is 0 Å². The summed E-state index contributed by atoms with van der Waals surface area (Å²) in [6.45, 7) is 5.52. The van der Waals surface area contributed by atoms with Crippen LogP contribution in [-0.2, 0) is 0 Å². The number of anilines is 1. The van der Waals surface area contributed by atoms with Gasteiger partial charge in [-0.2, -0.15) is 0 Å². The molecule has 18 heavy (non-hydrogen) atoms. The van der Waals surface area contributed by atoms with Gasteiger partial charge in [-0.05, 0) is 32.7 Å². The maximum Gasteiger partial charge on any atom is 0.252 e. The largest absolute Gasteiger partial charge is 0.370 e. The number of hydrogen-bond acceptors (Lipinski definition) is 4. The molecule has 1 aromatic rings. The van der Waals surface area contributed by atoms with E-state index >= 15 is 0 Å². The predicted molar refractivity (Wildman–Crippen MR) is 72.9 cm³/mol. The third-order valence-electron chi connectivity index (χ3n) is 3.55. The molecule has 1 saturated heterocycles. The summed E-state index contributed by atoms with van der Waals surface area (Å²) in [4.78, 5) is 20.2. The van der Waals surface area contributed by atoms with Crippen LogP contribution in [0.5, 0.6) is 0 Å². The van der Waals surface area contributed by atoms with Crippen LogP contribution < -0.4 is 10.9 Å². The number of hydrogen-bond donors (Lipinski definition) is 2. The standard InChI is InChI=1S/C13H22N4O/c1-11-5-2-3-7-17(11)8-4-6-14-12-9-13(18)16-10-15-12/h9-11H,2-8H2,1H3,(H2,14,15,16,18). The Hall–Kier alpha value is -1.36. The van der Waals surface area contributed by atoms with Crippen LogP contribution in [0.1, 0.15) is 32.6 Å². The highest BCUT2D eigenvalue weighted by molar-refractivity contribution is 5.31. The van der Waals surface area contributed by atoms with E-state index < -0.39 is 0 Å². The van der Waals surface area contributed by atoms with Gasteiger partial charge in [0.1, 0.15) is 5.82 Å². The van der Waals surface area contributed by atoms with Gasteiger partial charge in [-0.15, -0.1) is 0 Å². The molecule has 1 fully saturated rings. The molecule has 2 N–H and O–H groups in total. The van der Waals surface area contributed by atoms with Crippen LogP contribution in [0.4, 0.5) is 5.82 Å². The van der Waals surface area contributed by atoms with Crippen molar-refractivity contribution >= 4 is 5.82 Å². The fourth-order valence-corrected chi connectivity index (χ4v) is 2.45. The lowest BCUT2D eigenvalue weighted by atomic mass is 10.0. The number of nitrogens with one attached hydrogen (secondary N) is 2. The van der Waals surface area contributed by atoms with E-state index in [9.17, 15) is 4.79 Å². The van der Waals surface area contributed by atoms with E-state index in [1.54, 1.807) is 0 Å². The molecule has 1 aromatic heterocycles. The van der Waals surface area contributed by atoms with Crippen molar-refractivity contribution in [1.82, 2.24) is 14.9 Å². The number of likely N-dealkylation sites (tertiary alicyclic amines) is 1. The number of nitrogens with zero attached hydrogens (tertiary/aromatic N) is 2. The first-order valence-corrected chi connectivity index (χ1v) is 6.78. The van der Waals surface area contributed by atoms with Crippen LogP contribution in [0.2, 0.25) is 0 Å². The van der Waals surface area contributed by atoms with E-state index in [2.05, 4.69) is 27.1 Å². The highest BCUT2D eigenvalue weighted by Crippen LogP contribution is 2.16. The molecule has 2 rings (SSSR count). The molecular formula is C13H22N4O. The van der Waals surface area contributed by atoms with Gasteiger partial charge in [0.25, 0.3) is 5.56 Å². The van der Waals surface area contributed by atoms with Gasteiger partial charge in [0.05, 0.1) is 6.33 Å². The lowest BCUT2D eigenvalue weighted by Gasteiger charge is -2.33. The van der Waals surface area contributed by atoms with Crippen molar-refractivity contribution in [3.05, 3.63) is 22.7 Å². The Morgan fingerprint density at radius 1 is 1.56 bits per heavy atom. The summed E-state index contributed by atoms with van der Waals surface area (Å²) in [6.07, 6.45) is 6.53. The molecule has 100 valence electrons. The highest BCUT2D eigenvalue weighted by Gasteiger charge is 2.16. The van der Waals surface area contributed by atoms with Crippen LogP contribution >= 0.6 is 0 Å². The van der Waals surface area contributed by atoms with Crippen LogP contribution in [0.15, 0.2) is 17.2 Å². The van der Waals surface area contributed by atoms with Gasteiger partial charge in [-0.3, -0.25) is 4.79 Å². The average Bonchev–Trinajstić information content (AvgIpc) is 2.37. The van der Waals surface area contributed by atoms with Crippen molar-refractivity contribution in [3.63, 3.8) is 0 Å². The maximum absolute atomic E-state index is 11.1. The van der Waals surface area contributed by atoms with E-state index in [1.165, 1.54) is 38.2 Å². The van der Waals surface area contributed by atoms with Crippen molar-refractivity contribution in [2.24, 2.45) is 0 Å². The van der Waals surface area contributed by atoms with E-state index in [1.807, 2.05) is 0 Å². The molecule has 5 heteroatoms. The summed E-state index contributed by atoms with van der Waals surface area (Å²) in [5.74, 6) is 0.658. The molecule has 1 aliphatic heterocycles. The molecule has 0 amide bonds. The summed E-state index contributed by atoms with van der Waals surface area (Å²) in [5.41, 5.74) is -0.114. The number of aromatic nitrogens is 2.